The molecule has 0 saturated heterocycles. The maximum absolute atomic E-state index is 11.7. The van der Waals surface area contributed by atoms with Crippen LogP contribution in [0.4, 0.5) is 0 Å². The maximum atomic E-state index is 11.7. The lowest BCUT2D eigenvalue weighted by Gasteiger charge is -2.31. The Morgan fingerprint density at radius 2 is 2.33 bits per heavy atom. The molecule has 21 heavy (non-hydrogen) atoms. The lowest BCUT2D eigenvalue weighted by atomic mass is 9.94. The number of carbonyl (C=O) groups excluding carboxylic acids is 1. The summed E-state index contributed by atoms with van der Waals surface area (Å²) < 4.78 is 2.20. The summed E-state index contributed by atoms with van der Waals surface area (Å²) in [4.78, 5) is 18.4. The predicted molar refractivity (Wildman–Crippen MR) is 82.6 cm³/mol. The number of hydrogen-bond acceptors (Lipinski definition) is 4. The highest BCUT2D eigenvalue weighted by atomic mass is 16.1. The van der Waals surface area contributed by atoms with Gasteiger partial charge in [0.15, 0.2) is 0 Å². The first-order valence-corrected chi connectivity index (χ1v) is 7.82. The Balaban J connectivity index is 1.79. The molecule has 1 amide bonds. The molecule has 6 heteroatoms. The minimum atomic E-state index is -0.593. The van der Waals surface area contributed by atoms with Gasteiger partial charge in [-0.25, -0.2) is 4.98 Å². The van der Waals surface area contributed by atoms with E-state index in [2.05, 4.69) is 26.7 Å². The van der Waals surface area contributed by atoms with E-state index in [9.17, 15) is 4.79 Å². The largest absolute Gasteiger partial charge is 0.368 e. The van der Waals surface area contributed by atoms with Gasteiger partial charge >= 0.3 is 0 Å². The molecule has 3 N–H and O–H groups in total. The van der Waals surface area contributed by atoms with Crippen LogP contribution in [-0.4, -0.2) is 45.5 Å². The molecule has 0 saturated carbocycles. The topological polar surface area (TPSA) is 76.2 Å². The monoisotopic (exact) mass is 293 g/mol. The molecule has 1 unspecified atom stereocenters. The van der Waals surface area contributed by atoms with Crippen molar-refractivity contribution in [1.29, 1.82) is 0 Å². The maximum Gasteiger partial charge on any atom is 0.237 e. The number of primary amides is 1. The summed E-state index contributed by atoms with van der Waals surface area (Å²) in [7, 11) is 0. The van der Waals surface area contributed by atoms with Crippen LogP contribution in [0.5, 0.6) is 0 Å². The van der Waals surface area contributed by atoms with Gasteiger partial charge in [0.05, 0.1) is 12.1 Å². The SMILES string of the molecule is CCCNC(C)(CCCN1CCn2ccnc2C1)C(N)=O. The van der Waals surface area contributed by atoms with Gasteiger partial charge in [0.25, 0.3) is 0 Å². The Kier molecular flexibility index (Phi) is 5.36. The second-order valence-corrected chi connectivity index (χ2v) is 6.04. The van der Waals surface area contributed by atoms with Crippen LogP contribution in [0.1, 0.15) is 38.9 Å². The van der Waals surface area contributed by atoms with Gasteiger partial charge in [-0.2, -0.15) is 0 Å². The van der Waals surface area contributed by atoms with Crippen molar-refractivity contribution in [2.75, 3.05) is 19.6 Å². The van der Waals surface area contributed by atoms with E-state index in [0.717, 1.165) is 57.8 Å². The van der Waals surface area contributed by atoms with Crippen LogP contribution < -0.4 is 11.1 Å². The summed E-state index contributed by atoms with van der Waals surface area (Å²) >= 11 is 0. The number of fused-ring (bicyclic) bond motifs is 1. The van der Waals surface area contributed by atoms with Crippen molar-refractivity contribution in [2.45, 2.75) is 51.7 Å². The zero-order valence-corrected chi connectivity index (χ0v) is 13.1. The van der Waals surface area contributed by atoms with Crippen LogP contribution in [0.3, 0.4) is 0 Å². The summed E-state index contributed by atoms with van der Waals surface area (Å²) in [5.41, 5.74) is 4.96. The first-order chi connectivity index (χ1) is 10.0. The molecule has 0 spiro atoms. The molecule has 2 heterocycles. The zero-order chi connectivity index (χ0) is 15.3. The fourth-order valence-corrected chi connectivity index (χ4v) is 2.77. The van der Waals surface area contributed by atoms with E-state index >= 15 is 0 Å². The van der Waals surface area contributed by atoms with E-state index in [1.54, 1.807) is 0 Å². The predicted octanol–water partition coefficient (Wildman–Crippen LogP) is 0.723. The number of nitrogens with zero attached hydrogens (tertiary/aromatic N) is 3. The molecule has 0 bridgehead atoms. The number of imidazole rings is 1. The summed E-state index contributed by atoms with van der Waals surface area (Å²) in [5, 5.41) is 3.28. The molecule has 6 nitrogen and oxygen atoms in total. The van der Waals surface area contributed by atoms with Gasteiger partial charge in [0.2, 0.25) is 5.91 Å². The fourth-order valence-electron chi connectivity index (χ4n) is 2.77. The van der Waals surface area contributed by atoms with Gasteiger partial charge in [-0.15, -0.1) is 0 Å². The lowest BCUT2D eigenvalue weighted by Crippen LogP contribution is -2.53. The van der Waals surface area contributed by atoms with Crippen LogP contribution in [0, 0.1) is 0 Å². The summed E-state index contributed by atoms with van der Waals surface area (Å²) in [6.07, 6.45) is 6.62. The smallest absolute Gasteiger partial charge is 0.237 e. The normalized spacial score (nSPS) is 18.2. The number of amides is 1. The molecule has 0 aromatic carbocycles. The van der Waals surface area contributed by atoms with Gasteiger partial charge in [-0.05, 0) is 39.3 Å². The van der Waals surface area contributed by atoms with E-state index < -0.39 is 5.54 Å². The summed E-state index contributed by atoms with van der Waals surface area (Å²) in [5.74, 6) is 0.869. The van der Waals surface area contributed by atoms with Crippen molar-refractivity contribution >= 4 is 5.91 Å². The van der Waals surface area contributed by atoms with E-state index in [4.69, 9.17) is 5.73 Å². The molecule has 1 aromatic heterocycles. The Morgan fingerprint density at radius 1 is 1.52 bits per heavy atom. The highest BCUT2D eigenvalue weighted by molar-refractivity contribution is 5.84. The number of hydrogen-bond donors (Lipinski definition) is 2. The van der Waals surface area contributed by atoms with Crippen molar-refractivity contribution in [3.8, 4) is 0 Å². The highest BCUT2D eigenvalue weighted by Gasteiger charge is 2.29. The quantitative estimate of drug-likeness (QED) is 0.740. The van der Waals surface area contributed by atoms with Crippen LogP contribution in [0.15, 0.2) is 12.4 Å². The van der Waals surface area contributed by atoms with Gasteiger partial charge < -0.3 is 15.6 Å². The molecule has 1 atom stereocenters. The average molecular weight is 293 g/mol. The Labute approximate surface area is 126 Å². The average Bonchev–Trinajstić information content (AvgIpc) is 2.92. The molecular weight excluding hydrogens is 266 g/mol. The first-order valence-electron chi connectivity index (χ1n) is 7.82. The number of carbonyl (C=O) groups is 1. The van der Waals surface area contributed by atoms with Gasteiger partial charge in [-0.3, -0.25) is 9.69 Å². The van der Waals surface area contributed by atoms with Crippen molar-refractivity contribution in [1.82, 2.24) is 19.8 Å². The van der Waals surface area contributed by atoms with Crippen LogP contribution in [0.2, 0.25) is 0 Å². The molecule has 0 radical (unpaired) electrons. The summed E-state index contributed by atoms with van der Waals surface area (Å²) in [6, 6.07) is 0. The van der Waals surface area contributed by atoms with E-state index in [0.29, 0.717) is 0 Å². The summed E-state index contributed by atoms with van der Waals surface area (Å²) in [6.45, 7) is 8.72. The van der Waals surface area contributed by atoms with E-state index in [1.807, 2.05) is 19.3 Å². The van der Waals surface area contributed by atoms with Gasteiger partial charge in [0.1, 0.15) is 5.82 Å². The van der Waals surface area contributed by atoms with Crippen molar-refractivity contribution in [2.24, 2.45) is 5.73 Å². The highest BCUT2D eigenvalue weighted by Crippen LogP contribution is 2.15. The molecular formula is C15H27N5O. The zero-order valence-electron chi connectivity index (χ0n) is 13.1. The van der Waals surface area contributed by atoms with E-state index in [1.165, 1.54) is 0 Å². The molecule has 1 aliphatic rings. The number of nitrogens with two attached hydrogens (primary N) is 1. The third-order valence-corrected chi connectivity index (χ3v) is 4.28. The molecule has 0 aliphatic carbocycles. The Bertz CT molecular complexity index is 472. The lowest BCUT2D eigenvalue weighted by molar-refractivity contribution is -0.124. The number of nitrogens with one attached hydrogen (secondary N) is 1. The molecule has 0 fully saturated rings. The second kappa shape index (κ2) is 7.04. The second-order valence-electron chi connectivity index (χ2n) is 6.04. The molecule has 2 rings (SSSR count). The van der Waals surface area contributed by atoms with Crippen molar-refractivity contribution < 1.29 is 4.79 Å². The third kappa shape index (κ3) is 4.04. The fraction of sp³-hybridized carbons (Fsp3) is 0.733. The molecule has 118 valence electrons. The standard InChI is InChI=1S/C15H27N5O/c1-3-6-18-15(2,14(16)21)5-4-8-19-10-11-20-9-7-17-13(20)12-19/h7,9,18H,3-6,8,10-12H2,1-2H3,(H2,16,21). The molecule has 1 aromatic rings. The minimum absolute atomic E-state index is 0.259. The van der Waals surface area contributed by atoms with Crippen molar-refractivity contribution in [3.63, 3.8) is 0 Å². The van der Waals surface area contributed by atoms with Crippen LogP contribution in [-0.2, 0) is 17.9 Å². The third-order valence-electron chi connectivity index (χ3n) is 4.28. The Hall–Kier alpha value is -1.40. The van der Waals surface area contributed by atoms with Crippen molar-refractivity contribution in [3.05, 3.63) is 18.2 Å². The van der Waals surface area contributed by atoms with Gasteiger partial charge in [-0.1, -0.05) is 6.92 Å². The minimum Gasteiger partial charge on any atom is -0.368 e. The van der Waals surface area contributed by atoms with Crippen LogP contribution >= 0.6 is 0 Å². The Morgan fingerprint density at radius 3 is 3.05 bits per heavy atom. The van der Waals surface area contributed by atoms with Crippen LogP contribution in [0.25, 0.3) is 0 Å². The van der Waals surface area contributed by atoms with Gasteiger partial charge in [0, 0.05) is 25.5 Å². The molecule has 1 aliphatic heterocycles. The number of aromatic nitrogens is 2. The van der Waals surface area contributed by atoms with E-state index in [-0.39, 0.29) is 5.91 Å². The number of rotatable bonds is 8. The first kappa shape index (κ1) is 16.0.